The highest BCUT2D eigenvalue weighted by Crippen LogP contribution is 2.22. The third-order valence-electron chi connectivity index (χ3n) is 3.39. The van der Waals surface area contributed by atoms with Gasteiger partial charge in [0.2, 0.25) is 0 Å². The van der Waals surface area contributed by atoms with Crippen molar-refractivity contribution in [3.05, 3.63) is 76.3 Å². The van der Waals surface area contributed by atoms with Crippen LogP contribution in [0.1, 0.15) is 20.8 Å². The molecule has 0 bridgehead atoms. The fourth-order valence-electron chi connectivity index (χ4n) is 2.27. The van der Waals surface area contributed by atoms with Crippen LogP contribution in [0, 0.1) is 0 Å². The average molecular weight is 324 g/mol. The topological polar surface area (TPSA) is 44.1 Å². The summed E-state index contributed by atoms with van der Waals surface area (Å²) in [5, 5.41) is 6.11. The zero-order valence-electron chi connectivity index (χ0n) is 12.7. The molecular weight excluding hydrogens is 308 g/mol. The molecule has 0 aliphatic carbocycles. The van der Waals surface area contributed by atoms with E-state index in [2.05, 4.69) is 5.10 Å². The van der Waals surface area contributed by atoms with Crippen LogP contribution in [0.5, 0.6) is 5.75 Å². The van der Waals surface area contributed by atoms with Crippen LogP contribution in [0.2, 0.25) is 0 Å². The van der Waals surface area contributed by atoms with E-state index in [0.29, 0.717) is 6.54 Å². The summed E-state index contributed by atoms with van der Waals surface area (Å²) >= 11 is 1.45. The van der Waals surface area contributed by atoms with Crippen LogP contribution in [0.3, 0.4) is 0 Å². The number of rotatable bonds is 6. The molecule has 0 radical (unpaired) electrons. The molecule has 2 aromatic heterocycles. The van der Waals surface area contributed by atoms with Crippen LogP contribution in [-0.4, -0.2) is 22.7 Å². The predicted molar refractivity (Wildman–Crippen MR) is 92.0 cm³/mol. The Morgan fingerprint density at radius 1 is 1.35 bits per heavy atom. The number of benzene rings is 1. The van der Waals surface area contributed by atoms with Crippen LogP contribution in [0.4, 0.5) is 0 Å². The summed E-state index contributed by atoms with van der Waals surface area (Å²) in [5.41, 5.74) is 1.97. The minimum Gasteiger partial charge on any atom is -0.496 e. The highest BCUT2D eigenvalue weighted by Gasteiger charge is 2.06. The molecule has 0 saturated carbocycles. The Bertz CT molecular complexity index is 806. The van der Waals surface area contributed by atoms with Crippen molar-refractivity contribution in [2.45, 2.75) is 6.54 Å². The van der Waals surface area contributed by atoms with Crippen molar-refractivity contribution < 1.29 is 9.53 Å². The Labute approximate surface area is 138 Å². The molecular formula is C18H16N2O2S. The maximum Gasteiger partial charge on any atom is 0.195 e. The molecule has 0 spiro atoms. The predicted octanol–water partition coefficient (Wildman–Crippen LogP) is 3.90. The van der Waals surface area contributed by atoms with Gasteiger partial charge in [-0.15, -0.1) is 11.3 Å². The van der Waals surface area contributed by atoms with Gasteiger partial charge in [0.25, 0.3) is 0 Å². The molecule has 5 heteroatoms. The van der Waals surface area contributed by atoms with Crippen molar-refractivity contribution in [2.24, 2.45) is 0 Å². The Balaban J connectivity index is 1.81. The number of carbonyl (C=O) groups is 1. The van der Waals surface area contributed by atoms with E-state index in [9.17, 15) is 4.79 Å². The number of hydrogen-bond acceptors (Lipinski definition) is 4. The summed E-state index contributed by atoms with van der Waals surface area (Å²) in [6.07, 6.45) is 7.08. The molecule has 0 N–H and O–H groups in total. The minimum absolute atomic E-state index is 0.0180. The molecule has 0 aliphatic rings. The summed E-state index contributed by atoms with van der Waals surface area (Å²) in [6.45, 7) is 0.622. The van der Waals surface area contributed by atoms with Crippen LogP contribution < -0.4 is 4.74 Å². The van der Waals surface area contributed by atoms with E-state index in [1.807, 2.05) is 58.7 Å². The Hall–Kier alpha value is -2.66. The number of hydrogen-bond donors (Lipinski definition) is 0. The van der Waals surface area contributed by atoms with Gasteiger partial charge in [-0.2, -0.15) is 5.10 Å². The van der Waals surface area contributed by atoms with E-state index in [1.165, 1.54) is 11.3 Å². The number of methoxy groups -OCH3 is 1. The molecule has 4 nitrogen and oxygen atoms in total. The summed E-state index contributed by atoms with van der Waals surface area (Å²) in [7, 11) is 1.65. The third kappa shape index (κ3) is 3.76. The molecule has 2 heterocycles. The lowest BCUT2D eigenvalue weighted by atomic mass is 10.1. The molecule has 1 aromatic carbocycles. The van der Waals surface area contributed by atoms with Crippen molar-refractivity contribution in [2.75, 3.05) is 7.11 Å². The van der Waals surface area contributed by atoms with Gasteiger partial charge in [0.05, 0.1) is 18.5 Å². The largest absolute Gasteiger partial charge is 0.496 e. The van der Waals surface area contributed by atoms with E-state index in [0.717, 1.165) is 21.8 Å². The lowest BCUT2D eigenvalue weighted by Crippen LogP contribution is -2.02. The fourth-order valence-corrected chi connectivity index (χ4v) is 2.91. The van der Waals surface area contributed by atoms with Crippen molar-refractivity contribution >= 4 is 23.2 Å². The highest BCUT2D eigenvalue weighted by atomic mass is 32.1. The average Bonchev–Trinajstić information content (AvgIpc) is 3.26. The van der Waals surface area contributed by atoms with Crippen LogP contribution >= 0.6 is 11.3 Å². The number of ether oxygens (including phenoxy) is 1. The second-order valence-corrected chi connectivity index (χ2v) is 5.90. The fraction of sp³-hybridized carbons (Fsp3) is 0.111. The SMILES string of the molecule is COc1ccc(/C=C/C(=O)c2cccs2)cc1Cn1cccn1. The molecule has 0 amide bonds. The molecule has 0 saturated heterocycles. The van der Waals surface area contributed by atoms with Crippen LogP contribution in [0.25, 0.3) is 6.08 Å². The summed E-state index contributed by atoms with van der Waals surface area (Å²) in [6, 6.07) is 11.4. The highest BCUT2D eigenvalue weighted by molar-refractivity contribution is 7.12. The second kappa shape index (κ2) is 7.07. The zero-order chi connectivity index (χ0) is 16.1. The first-order valence-electron chi connectivity index (χ1n) is 7.16. The smallest absolute Gasteiger partial charge is 0.195 e. The molecule has 116 valence electrons. The quantitative estimate of drug-likeness (QED) is 0.510. The van der Waals surface area contributed by atoms with Gasteiger partial charge < -0.3 is 4.74 Å². The maximum absolute atomic E-state index is 12.0. The number of carbonyl (C=O) groups excluding carboxylic acids is 1. The first-order valence-corrected chi connectivity index (χ1v) is 8.04. The molecule has 0 atom stereocenters. The van der Waals surface area contributed by atoms with Crippen LogP contribution in [-0.2, 0) is 6.54 Å². The van der Waals surface area contributed by atoms with E-state index in [1.54, 1.807) is 19.4 Å². The standard InChI is InChI=1S/C18H16N2O2S/c1-22-17-8-6-14(5-7-16(21)18-4-2-11-23-18)12-15(17)13-20-10-3-9-19-20/h2-12H,13H2,1H3/b7-5+. The number of thiophene rings is 1. The number of ketones is 1. The second-order valence-electron chi connectivity index (χ2n) is 4.95. The van der Waals surface area contributed by atoms with Crippen molar-refractivity contribution in [3.63, 3.8) is 0 Å². The van der Waals surface area contributed by atoms with Crippen molar-refractivity contribution in [1.29, 1.82) is 0 Å². The number of aromatic nitrogens is 2. The lowest BCUT2D eigenvalue weighted by molar-refractivity contribution is 0.105. The first kappa shape index (κ1) is 15.2. The molecule has 0 unspecified atom stereocenters. The van der Waals surface area contributed by atoms with E-state index in [-0.39, 0.29) is 5.78 Å². The van der Waals surface area contributed by atoms with Gasteiger partial charge in [0.1, 0.15) is 5.75 Å². The molecule has 3 aromatic rings. The van der Waals surface area contributed by atoms with Crippen molar-refractivity contribution in [1.82, 2.24) is 9.78 Å². The molecule has 0 fully saturated rings. The maximum atomic E-state index is 12.0. The van der Waals surface area contributed by atoms with Gasteiger partial charge >= 0.3 is 0 Å². The Morgan fingerprint density at radius 2 is 2.26 bits per heavy atom. The molecule has 23 heavy (non-hydrogen) atoms. The number of nitrogens with zero attached hydrogens (tertiary/aromatic N) is 2. The lowest BCUT2D eigenvalue weighted by Gasteiger charge is -2.09. The van der Waals surface area contributed by atoms with Gasteiger partial charge in [-0.25, -0.2) is 0 Å². The Kier molecular flexibility index (Phi) is 4.68. The van der Waals surface area contributed by atoms with Gasteiger partial charge in [0, 0.05) is 18.0 Å². The van der Waals surface area contributed by atoms with Crippen molar-refractivity contribution in [3.8, 4) is 5.75 Å². The van der Waals surface area contributed by atoms with E-state index < -0.39 is 0 Å². The van der Waals surface area contributed by atoms with E-state index in [4.69, 9.17) is 4.74 Å². The monoisotopic (exact) mass is 324 g/mol. The molecule has 3 rings (SSSR count). The summed E-state index contributed by atoms with van der Waals surface area (Å²) in [5.74, 6) is 0.826. The van der Waals surface area contributed by atoms with E-state index >= 15 is 0 Å². The first-order chi connectivity index (χ1) is 11.3. The van der Waals surface area contributed by atoms with Gasteiger partial charge in [-0.1, -0.05) is 18.2 Å². The van der Waals surface area contributed by atoms with Crippen LogP contribution in [0.15, 0.2) is 60.2 Å². The molecule has 0 aliphatic heterocycles. The van der Waals surface area contributed by atoms with Gasteiger partial charge in [0.15, 0.2) is 5.78 Å². The van der Waals surface area contributed by atoms with Gasteiger partial charge in [-0.05, 0) is 41.3 Å². The number of allylic oxidation sites excluding steroid dienone is 1. The minimum atomic E-state index is 0.0180. The zero-order valence-corrected chi connectivity index (χ0v) is 13.5. The third-order valence-corrected chi connectivity index (χ3v) is 4.27. The normalized spacial score (nSPS) is 11.0. The van der Waals surface area contributed by atoms with Gasteiger partial charge in [-0.3, -0.25) is 9.48 Å². The summed E-state index contributed by atoms with van der Waals surface area (Å²) < 4.78 is 7.24. The summed E-state index contributed by atoms with van der Waals surface area (Å²) in [4.78, 5) is 12.8. The Morgan fingerprint density at radius 3 is 2.96 bits per heavy atom.